The first-order chi connectivity index (χ1) is 10.2. The normalized spacial score (nSPS) is 14.7. The molecule has 1 amide bonds. The summed E-state index contributed by atoms with van der Waals surface area (Å²) in [7, 11) is 0. The summed E-state index contributed by atoms with van der Waals surface area (Å²) in [6, 6.07) is 8.42. The number of amides is 1. The minimum absolute atomic E-state index is 0.101. The number of aryl methyl sites for hydroxylation is 1. The van der Waals surface area contributed by atoms with Crippen LogP contribution in [0.5, 0.6) is 0 Å². The second-order valence-corrected chi connectivity index (χ2v) is 5.22. The van der Waals surface area contributed by atoms with Crippen molar-refractivity contribution in [3.63, 3.8) is 0 Å². The van der Waals surface area contributed by atoms with Gasteiger partial charge in [-0.1, -0.05) is 19.1 Å². The average Bonchev–Trinajstić information content (AvgIpc) is 3.29. The SMILES string of the molecule is CCNC(=NCC(=O)Nc1cccc(CC)c1)NC1CC1. The molecule has 3 N–H and O–H groups in total. The molecule has 0 aliphatic heterocycles. The van der Waals surface area contributed by atoms with Crippen molar-refractivity contribution < 1.29 is 4.79 Å². The number of hydrogen-bond acceptors (Lipinski definition) is 2. The molecule has 0 saturated heterocycles. The third-order valence-electron chi connectivity index (χ3n) is 3.26. The number of guanidine groups is 1. The zero-order valence-corrected chi connectivity index (χ0v) is 12.8. The van der Waals surface area contributed by atoms with Gasteiger partial charge in [0.1, 0.15) is 6.54 Å². The fourth-order valence-corrected chi connectivity index (χ4v) is 1.96. The van der Waals surface area contributed by atoms with Crippen LogP contribution in [-0.4, -0.2) is 31.0 Å². The number of hydrogen-bond donors (Lipinski definition) is 3. The lowest BCUT2D eigenvalue weighted by Gasteiger charge is -2.10. The molecule has 0 radical (unpaired) electrons. The van der Waals surface area contributed by atoms with E-state index in [2.05, 4.69) is 33.9 Å². The first-order valence-electron chi connectivity index (χ1n) is 7.65. The molecule has 0 aromatic heterocycles. The van der Waals surface area contributed by atoms with Gasteiger partial charge in [0.25, 0.3) is 0 Å². The van der Waals surface area contributed by atoms with E-state index in [1.54, 1.807) is 0 Å². The van der Waals surface area contributed by atoms with E-state index >= 15 is 0 Å². The highest BCUT2D eigenvalue weighted by atomic mass is 16.1. The monoisotopic (exact) mass is 288 g/mol. The quantitative estimate of drug-likeness (QED) is 0.553. The molecular weight excluding hydrogens is 264 g/mol. The van der Waals surface area contributed by atoms with Crippen molar-refractivity contribution in [1.29, 1.82) is 0 Å². The molecule has 1 aromatic rings. The predicted octanol–water partition coefficient (Wildman–Crippen LogP) is 1.90. The Morgan fingerprint density at radius 3 is 2.81 bits per heavy atom. The summed E-state index contributed by atoms with van der Waals surface area (Å²) in [5.41, 5.74) is 2.04. The molecule has 0 spiro atoms. The highest BCUT2D eigenvalue weighted by Gasteiger charge is 2.22. The summed E-state index contributed by atoms with van der Waals surface area (Å²) in [6.45, 7) is 5.02. The van der Waals surface area contributed by atoms with Gasteiger partial charge in [-0.2, -0.15) is 0 Å². The average molecular weight is 288 g/mol. The van der Waals surface area contributed by atoms with Gasteiger partial charge in [0, 0.05) is 18.3 Å². The summed E-state index contributed by atoms with van der Waals surface area (Å²) >= 11 is 0. The van der Waals surface area contributed by atoms with Gasteiger partial charge < -0.3 is 16.0 Å². The number of carbonyl (C=O) groups is 1. The predicted molar refractivity (Wildman–Crippen MR) is 86.6 cm³/mol. The number of aliphatic imine (C=N–C) groups is 1. The van der Waals surface area contributed by atoms with Crippen LogP contribution in [0.1, 0.15) is 32.3 Å². The van der Waals surface area contributed by atoms with E-state index in [9.17, 15) is 4.79 Å². The van der Waals surface area contributed by atoms with Crippen molar-refractivity contribution in [2.24, 2.45) is 4.99 Å². The van der Waals surface area contributed by atoms with Crippen LogP contribution in [0.15, 0.2) is 29.3 Å². The Bertz CT molecular complexity index is 509. The molecule has 114 valence electrons. The summed E-state index contributed by atoms with van der Waals surface area (Å²) in [4.78, 5) is 16.3. The van der Waals surface area contributed by atoms with E-state index in [1.807, 2.05) is 25.1 Å². The lowest BCUT2D eigenvalue weighted by molar-refractivity contribution is -0.114. The molecule has 0 atom stereocenters. The maximum absolute atomic E-state index is 11.9. The first-order valence-corrected chi connectivity index (χ1v) is 7.65. The van der Waals surface area contributed by atoms with Gasteiger partial charge in [0.15, 0.2) is 5.96 Å². The molecule has 1 aliphatic carbocycles. The van der Waals surface area contributed by atoms with Crippen LogP contribution in [0.4, 0.5) is 5.69 Å². The summed E-state index contributed by atoms with van der Waals surface area (Å²) < 4.78 is 0. The van der Waals surface area contributed by atoms with Crippen molar-refractivity contribution in [3.05, 3.63) is 29.8 Å². The van der Waals surface area contributed by atoms with Crippen LogP contribution in [0.3, 0.4) is 0 Å². The first kappa shape index (κ1) is 15.4. The Morgan fingerprint density at radius 2 is 2.14 bits per heavy atom. The van der Waals surface area contributed by atoms with Crippen LogP contribution in [0, 0.1) is 0 Å². The number of rotatable bonds is 6. The van der Waals surface area contributed by atoms with Gasteiger partial charge in [0.05, 0.1) is 0 Å². The van der Waals surface area contributed by atoms with E-state index in [4.69, 9.17) is 0 Å². The van der Waals surface area contributed by atoms with Crippen molar-refractivity contribution in [2.75, 3.05) is 18.4 Å². The van der Waals surface area contributed by atoms with Gasteiger partial charge in [-0.05, 0) is 43.9 Å². The smallest absolute Gasteiger partial charge is 0.246 e. The molecule has 5 nitrogen and oxygen atoms in total. The molecule has 0 bridgehead atoms. The Balaban J connectivity index is 1.86. The Morgan fingerprint density at radius 1 is 1.33 bits per heavy atom. The number of nitrogens with one attached hydrogen (secondary N) is 3. The standard InChI is InChI=1S/C16H24N4O/c1-3-12-6-5-7-14(10-12)19-15(21)11-18-16(17-4-2)20-13-8-9-13/h5-7,10,13H,3-4,8-9,11H2,1-2H3,(H,19,21)(H2,17,18,20). The molecule has 1 aliphatic rings. The van der Waals surface area contributed by atoms with Crippen molar-refractivity contribution in [2.45, 2.75) is 39.2 Å². The molecule has 21 heavy (non-hydrogen) atoms. The molecule has 1 saturated carbocycles. The Kier molecular flexibility index (Phi) is 5.60. The van der Waals surface area contributed by atoms with Crippen molar-refractivity contribution in [1.82, 2.24) is 10.6 Å². The fraction of sp³-hybridized carbons (Fsp3) is 0.500. The van der Waals surface area contributed by atoms with Crippen molar-refractivity contribution in [3.8, 4) is 0 Å². The minimum Gasteiger partial charge on any atom is -0.357 e. The molecule has 5 heteroatoms. The highest BCUT2D eigenvalue weighted by Crippen LogP contribution is 2.18. The zero-order chi connectivity index (χ0) is 15.1. The molecular formula is C16H24N4O. The van der Waals surface area contributed by atoms with Gasteiger partial charge in [0.2, 0.25) is 5.91 Å². The number of anilines is 1. The Labute approximate surface area is 126 Å². The fourth-order valence-electron chi connectivity index (χ4n) is 1.96. The van der Waals surface area contributed by atoms with Crippen LogP contribution in [0.2, 0.25) is 0 Å². The van der Waals surface area contributed by atoms with E-state index in [0.29, 0.717) is 6.04 Å². The van der Waals surface area contributed by atoms with Crippen LogP contribution < -0.4 is 16.0 Å². The van der Waals surface area contributed by atoms with Crippen LogP contribution >= 0.6 is 0 Å². The second-order valence-electron chi connectivity index (χ2n) is 5.22. The van der Waals surface area contributed by atoms with Crippen molar-refractivity contribution >= 4 is 17.6 Å². The summed E-state index contributed by atoms with van der Waals surface area (Å²) in [6.07, 6.45) is 3.32. The van der Waals surface area contributed by atoms with Gasteiger partial charge in [-0.25, -0.2) is 4.99 Å². The molecule has 1 fully saturated rings. The van der Waals surface area contributed by atoms with Gasteiger partial charge in [-0.15, -0.1) is 0 Å². The summed E-state index contributed by atoms with van der Waals surface area (Å²) in [5, 5.41) is 9.32. The van der Waals surface area contributed by atoms with E-state index in [-0.39, 0.29) is 12.5 Å². The molecule has 0 heterocycles. The number of carbonyl (C=O) groups excluding carboxylic acids is 1. The van der Waals surface area contributed by atoms with Crippen LogP contribution in [0.25, 0.3) is 0 Å². The van der Waals surface area contributed by atoms with E-state index < -0.39 is 0 Å². The van der Waals surface area contributed by atoms with Gasteiger partial charge in [-0.3, -0.25) is 4.79 Å². The third-order valence-corrected chi connectivity index (χ3v) is 3.26. The lowest BCUT2D eigenvalue weighted by Crippen LogP contribution is -2.39. The number of nitrogens with zero attached hydrogens (tertiary/aromatic N) is 1. The third kappa shape index (κ3) is 5.45. The number of benzene rings is 1. The lowest BCUT2D eigenvalue weighted by atomic mass is 10.1. The van der Waals surface area contributed by atoms with E-state index in [1.165, 1.54) is 18.4 Å². The van der Waals surface area contributed by atoms with Gasteiger partial charge >= 0.3 is 0 Å². The minimum atomic E-state index is -0.101. The van der Waals surface area contributed by atoms with E-state index in [0.717, 1.165) is 24.6 Å². The molecule has 2 rings (SSSR count). The molecule has 1 aromatic carbocycles. The largest absolute Gasteiger partial charge is 0.357 e. The molecule has 0 unspecified atom stereocenters. The Hall–Kier alpha value is -2.04. The topological polar surface area (TPSA) is 65.5 Å². The van der Waals surface area contributed by atoms with Crippen LogP contribution in [-0.2, 0) is 11.2 Å². The summed E-state index contributed by atoms with van der Waals surface area (Å²) in [5.74, 6) is 0.619. The maximum atomic E-state index is 11.9. The highest BCUT2D eigenvalue weighted by molar-refractivity contribution is 5.94. The zero-order valence-electron chi connectivity index (χ0n) is 12.8. The second kappa shape index (κ2) is 7.67. The maximum Gasteiger partial charge on any atom is 0.246 e.